The number of carbonyl (C=O) groups is 3. The van der Waals surface area contributed by atoms with Crippen molar-refractivity contribution in [3.05, 3.63) is 94.0 Å². The van der Waals surface area contributed by atoms with Gasteiger partial charge in [-0.05, 0) is 72.9 Å². The summed E-state index contributed by atoms with van der Waals surface area (Å²) in [6, 6.07) is 13.3. The Labute approximate surface area is 194 Å². The summed E-state index contributed by atoms with van der Waals surface area (Å²) in [5.74, 6) is -2.88. The molecule has 0 saturated heterocycles. The van der Waals surface area contributed by atoms with Gasteiger partial charge in [0.15, 0.2) is 5.78 Å². The van der Waals surface area contributed by atoms with Gasteiger partial charge in [-0.2, -0.15) is 0 Å². The second kappa shape index (κ2) is 9.82. The van der Waals surface area contributed by atoms with Crippen LogP contribution in [0, 0.1) is 11.6 Å². The Morgan fingerprint density at radius 3 is 2.47 bits per heavy atom. The molecule has 0 spiro atoms. The van der Waals surface area contributed by atoms with Crippen molar-refractivity contribution in [3.8, 4) is 0 Å². The number of carbonyl (C=O) groups excluding carboxylic acids is 2. The highest BCUT2D eigenvalue weighted by molar-refractivity contribution is 6.12. The van der Waals surface area contributed by atoms with Gasteiger partial charge >= 0.3 is 5.97 Å². The number of aryl methyl sites for hydroxylation is 2. The molecule has 0 saturated carbocycles. The molecule has 6 nitrogen and oxygen atoms in total. The zero-order valence-electron chi connectivity index (χ0n) is 18.2. The van der Waals surface area contributed by atoms with Crippen molar-refractivity contribution in [1.29, 1.82) is 0 Å². The van der Waals surface area contributed by atoms with Crippen LogP contribution >= 0.6 is 0 Å². The van der Waals surface area contributed by atoms with Crippen LogP contribution in [0.15, 0.2) is 54.6 Å². The third-order valence-electron chi connectivity index (χ3n) is 5.69. The highest BCUT2D eigenvalue weighted by Crippen LogP contribution is 2.29. The Morgan fingerprint density at radius 2 is 1.71 bits per heavy atom. The van der Waals surface area contributed by atoms with Crippen LogP contribution in [0.5, 0.6) is 0 Å². The Hall–Kier alpha value is -4.07. The molecular weight excluding hydrogens is 442 g/mol. The molecule has 0 heterocycles. The lowest BCUT2D eigenvalue weighted by atomic mass is 9.96. The number of amides is 1. The van der Waals surface area contributed by atoms with Crippen LogP contribution in [0.4, 0.5) is 20.2 Å². The lowest BCUT2D eigenvalue weighted by molar-refractivity contribution is -0.137. The van der Waals surface area contributed by atoms with E-state index in [1.807, 2.05) is 0 Å². The quantitative estimate of drug-likeness (QED) is 0.443. The fraction of sp³-hybridized carbons (Fsp3) is 0.192. The average molecular weight is 464 g/mol. The minimum Gasteiger partial charge on any atom is -0.481 e. The fourth-order valence-electron chi connectivity index (χ4n) is 3.95. The van der Waals surface area contributed by atoms with Gasteiger partial charge in [0, 0.05) is 41.4 Å². The standard InChI is InChI=1S/C26H22F2N2O4/c27-18-7-10-23(22(28)14-18)30-19-8-9-20-16(12-19)5-3-15-4-6-17(13-21(15)25(20)33)26(34)29-11-1-2-24(31)32/h4,6-10,12-14,30H,1-3,5,11H2,(H,29,34)(H,31,32). The summed E-state index contributed by atoms with van der Waals surface area (Å²) in [5.41, 5.74) is 3.59. The number of aliphatic carboxylic acids is 1. The fourth-order valence-corrected chi connectivity index (χ4v) is 3.95. The predicted octanol–water partition coefficient (Wildman–Crippen LogP) is 4.63. The molecule has 174 valence electrons. The summed E-state index contributed by atoms with van der Waals surface area (Å²) in [6.07, 6.45) is 1.44. The van der Waals surface area contributed by atoms with Gasteiger partial charge < -0.3 is 15.7 Å². The lowest BCUT2D eigenvalue weighted by Crippen LogP contribution is -2.25. The molecule has 0 bridgehead atoms. The smallest absolute Gasteiger partial charge is 0.303 e. The van der Waals surface area contributed by atoms with Crippen molar-refractivity contribution in [2.45, 2.75) is 25.7 Å². The number of fused-ring (bicyclic) bond motifs is 2. The molecule has 0 aliphatic heterocycles. The van der Waals surface area contributed by atoms with Gasteiger partial charge in [0.05, 0.1) is 5.69 Å². The zero-order chi connectivity index (χ0) is 24.2. The molecule has 0 unspecified atom stereocenters. The monoisotopic (exact) mass is 464 g/mol. The van der Waals surface area contributed by atoms with Crippen molar-refractivity contribution in [1.82, 2.24) is 5.32 Å². The van der Waals surface area contributed by atoms with Crippen LogP contribution in [0.3, 0.4) is 0 Å². The molecule has 3 N–H and O–H groups in total. The first kappa shape index (κ1) is 23.1. The van der Waals surface area contributed by atoms with E-state index in [0.717, 1.165) is 23.3 Å². The van der Waals surface area contributed by atoms with Crippen molar-refractivity contribution in [2.75, 3.05) is 11.9 Å². The molecule has 8 heteroatoms. The third-order valence-corrected chi connectivity index (χ3v) is 5.69. The van der Waals surface area contributed by atoms with Gasteiger partial charge in [0.2, 0.25) is 0 Å². The first-order valence-electron chi connectivity index (χ1n) is 10.8. The molecule has 1 amide bonds. The van der Waals surface area contributed by atoms with Gasteiger partial charge in [0.25, 0.3) is 5.91 Å². The van der Waals surface area contributed by atoms with Crippen molar-refractivity contribution in [3.63, 3.8) is 0 Å². The zero-order valence-corrected chi connectivity index (χ0v) is 18.2. The predicted molar refractivity (Wildman–Crippen MR) is 123 cm³/mol. The van der Waals surface area contributed by atoms with E-state index in [4.69, 9.17) is 5.11 Å². The Balaban J connectivity index is 1.53. The number of hydrogen-bond acceptors (Lipinski definition) is 4. The number of rotatable bonds is 7. The van der Waals surface area contributed by atoms with Crippen molar-refractivity contribution < 1.29 is 28.3 Å². The molecule has 1 aliphatic rings. The maximum Gasteiger partial charge on any atom is 0.303 e. The number of anilines is 2. The molecule has 34 heavy (non-hydrogen) atoms. The van der Waals surface area contributed by atoms with Gasteiger partial charge in [-0.15, -0.1) is 0 Å². The molecule has 0 aromatic heterocycles. The van der Waals surface area contributed by atoms with Crippen LogP contribution in [-0.4, -0.2) is 29.3 Å². The number of halogens is 2. The Kier molecular flexibility index (Phi) is 6.67. The Morgan fingerprint density at radius 1 is 0.912 bits per heavy atom. The maximum atomic E-state index is 14.0. The summed E-state index contributed by atoms with van der Waals surface area (Å²) in [6.45, 7) is 0.226. The van der Waals surface area contributed by atoms with Gasteiger partial charge in [-0.25, -0.2) is 8.78 Å². The van der Waals surface area contributed by atoms with Gasteiger partial charge in [-0.3, -0.25) is 14.4 Å². The molecule has 0 atom stereocenters. The number of nitrogens with one attached hydrogen (secondary N) is 2. The number of benzene rings is 3. The van der Waals surface area contributed by atoms with E-state index in [-0.39, 0.29) is 30.3 Å². The third kappa shape index (κ3) is 5.11. The SMILES string of the molecule is O=C(O)CCCNC(=O)c1ccc2c(c1)C(=O)c1ccc(Nc3ccc(F)cc3F)cc1CC2. The van der Waals surface area contributed by atoms with E-state index in [0.29, 0.717) is 41.6 Å². The largest absolute Gasteiger partial charge is 0.481 e. The van der Waals surface area contributed by atoms with E-state index in [1.165, 1.54) is 6.07 Å². The minimum atomic E-state index is -0.926. The van der Waals surface area contributed by atoms with Crippen molar-refractivity contribution >= 4 is 29.0 Å². The van der Waals surface area contributed by atoms with Crippen LogP contribution in [0.2, 0.25) is 0 Å². The Bertz CT molecular complexity index is 1290. The highest BCUT2D eigenvalue weighted by Gasteiger charge is 2.23. The average Bonchev–Trinajstić information content (AvgIpc) is 2.94. The number of hydrogen-bond donors (Lipinski definition) is 3. The molecule has 3 aromatic rings. The summed E-state index contributed by atoms with van der Waals surface area (Å²) in [5, 5.41) is 14.3. The van der Waals surface area contributed by atoms with E-state index >= 15 is 0 Å². The van der Waals surface area contributed by atoms with Crippen molar-refractivity contribution in [2.24, 2.45) is 0 Å². The van der Waals surface area contributed by atoms with Crippen LogP contribution in [0.1, 0.15) is 50.2 Å². The second-order valence-electron chi connectivity index (χ2n) is 8.08. The van der Waals surface area contributed by atoms with E-state index in [1.54, 1.807) is 36.4 Å². The minimum absolute atomic E-state index is 0.0373. The van der Waals surface area contributed by atoms with Crippen LogP contribution in [-0.2, 0) is 17.6 Å². The number of carboxylic acid groups (broad SMARTS) is 1. The first-order valence-corrected chi connectivity index (χ1v) is 10.8. The summed E-state index contributed by atoms with van der Waals surface area (Å²) < 4.78 is 27.2. The molecule has 1 aliphatic carbocycles. The topological polar surface area (TPSA) is 95.5 Å². The van der Waals surface area contributed by atoms with Gasteiger partial charge in [0.1, 0.15) is 11.6 Å². The molecule has 4 rings (SSSR count). The highest BCUT2D eigenvalue weighted by atomic mass is 19.1. The molecular formula is C26H22F2N2O4. The number of carboxylic acids is 1. The van der Waals surface area contributed by atoms with Crippen LogP contribution in [0.25, 0.3) is 0 Å². The van der Waals surface area contributed by atoms with Crippen LogP contribution < -0.4 is 10.6 Å². The normalized spacial score (nSPS) is 12.4. The molecule has 0 fully saturated rings. The summed E-state index contributed by atoms with van der Waals surface area (Å²) >= 11 is 0. The van der Waals surface area contributed by atoms with E-state index in [2.05, 4.69) is 10.6 Å². The first-order chi connectivity index (χ1) is 16.3. The number of ketones is 1. The second-order valence-corrected chi connectivity index (χ2v) is 8.08. The van der Waals surface area contributed by atoms with Gasteiger partial charge in [-0.1, -0.05) is 6.07 Å². The lowest BCUT2D eigenvalue weighted by Gasteiger charge is -2.11. The molecule has 0 radical (unpaired) electrons. The van der Waals surface area contributed by atoms with E-state index < -0.39 is 17.6 Å². The maximum absolute atomic E-state index is 14.0. The molecule has 3 aromatic carbocycles. The summed E-state index contributed by atoms with van der Waals surface area (Å²) in [7, 11) is 0. The summed E-state index contributed by atoms with van der Waals surface area (Å²) in [4.78, 5) is 36.3. The van der Waals surface area contributed by atoms with E-state index in [9.17, 15) is 23.2 Å².